The molecule has 5 nitrogen and oxygen atoms in total. The van der Waals surface area contributed by atoms with Gasteiger partial charge in [0, 0.05) is 13.6 Å². The van der Waals surface area contributed by atoms with Crippen LogP contribution in [-0.2, 0) is 16.2 Å². The second-order valence-electron chi connectivity index (χ2n) is 3.49. The summed E-state index contributed by atoms with van der Waals surface area (Å²) in [5.74, 6) is -0.149. The lowest BCUT2D eigenvalue weighted by molar-refractivity contribution is -0.167. The van der Waals surface area contributed by atoms with Gasteiger partial charge in [-0.1, -0.05) is 12.1 Å². The summed E-state index contributed by atoms with van der Waals surface area (Å²) in [4.78, 5) is 16.1. The highest BCUT2D eigenvalue weighted by atomic mass is 16.7. The Morgan fingerprint density at radius 3 is 3.00 bits per heavy atom. The second kappa shape index (κ2) is 6.63. The van der Waals surface area contributed by atoms with Crippen molar-refractivity contribution in [3.8, 4) is 6.07 Å². The van der Waals surface area contributed by atoms with Crippen LogP contribution in [0.1, 0.15) is 11.1 Å². The molecule has 0 fully saturated rings. The number of hydroxylamine groups is 2. The normalized spacial score (nSPS) is 9.71. The molecule has 1 amide bonds. The second-order valence-corrected chi connectivity index (χ2v) is 3.49. The number of nitrogens with one attached hydrogen (secondary N) is 1. The number of likely N-dealkylation sites (N-methyl/N-ethyl adjacent to an activating group) is 1. The van der Waals surface area contributed by atoms with E-state index in [1.165, 1.54) is 12.2 Å². The van der Waals surface area contributed by atoms with Crippen molar-refractivity contribution in [1.29, 1.82) is 5.26 Å². The number of hydrogen-bond acceptors (Lipinski definition) is 4. The minimum atomic E-state index is -0.149. The average Bonchev–Trinajstić information content (AvgIpc) is 2.37. The fourth-order valence-corrected chi connectivity index (χ4v) is 1.28. The Balaban J connectivity index is 2.41. The molecule has 5 heteroatoms. The maximum Gasteiger partial charge on any atom is 0.259 e. The minimum absolute atomic E-state index is 0.149. The summed E-state index contributed by atoms with van der Waals surface area (Å²) in [5, 5.41) is 12.9. The van der Waals surface area contributed by atoms with Crippen LogP contribution in [-0.4, -0.2) is 31.7 Å². The molecule has 0 radical (unpaired) electrons. The highest BCUT2D eigenvalue weighted by Gasteiger charge is 2.06. The molecule has 0 saturated heterocycles. The molecule has 1 N–H and O–H groups in total. The third-order valence-corrected chi connectivity index (χ3v) is 2.29. The molecule has 17 heavy (non-hydrogen) atoms. The molecule has 0 atom stereocenters. The highest BCUT2D eigenvalue weighted by Crippen LogP contribution is 2.03. The number of hydrogen-bond donors (Lipinski definition) is 1. The van der Waals surface area contributed by atoms with Crippen LogP contribution in [0.2, 0.25) is 0 Å². The van der Waals surface area contributed by atoms with E-state index in [0.29, 0.717) is 12.1 Å². The quantitative estimate of drug-likeness (QED) is 0.759. The van der Waals surface area contributed by atoms with Gasteiger partial charge in [-0.2, -0.15) is 5.26 Å². The Kier molecular flexibility index (Phi) is 5.14. The molecule has 0 bridgehead atoms. The zero-order valence-electron chi connectivity index (χ0n) is 9.93. The van der Waals surface area contributed by atoms with E-state index in [1.54, 1.807) is 19.2 Å². The molecular formula is C12H15N3O2. The van der Waals surface area contributed by atoms with Crippen molar-refractivity contribution in [3.05, 3.63) is 35.4 Å². The predicted molar refractivity (Wildman–Crippen MR) is 62.6 cm³/mol. The van der Waals surface area contributed by atoms with Crippen molar-refractivity contribution in [2.75, 3.05) is 20.7 Å². The van der Waals surface area contributed by atoms with Crippen molar-refractivity contribution in [2.45, 2.75) is 6.54 Å². The molecule has 1 rings (SSSR count). The van der Waals surface area contributed by atoms with E-state index in [-0.39, 0.29) is 12.5 Å². The highest BCUT2D eigenvalue weighted by molar-refractivity contribution is 5.76. The third-order valence-electron chi connectivity index (χ3n) is 2.29. The molecule has 90 valence electrons. The van der Waals surface area contributed by atoms with Gasteiger partial charge >= 0.3 is 0 Å². The number of nitrogens with zero attached hydrogens (tertiary/aromatic N) is 2. The molecule has 0 aliphatic heterocycles. The first kappa shape index (κ1) is 13.2. The smallest absolute Gasteiger partial charge is 0.259 e. The summed E-state index contributed by atoms with van der Waals surface area (Å²) in [5.41, 5.74) is 1.58. The molecule has 0 spiro atoms. The first-order chi connectivity index (χ1) is 8.17. The largest absolute Gasteiger partial charge is 0.304 e. The van der Waals surface area contributed by atoms with E-state index in [1.807, 2.05) is 12.1 Å². The molecule has 0 saturated carbocycles. The van der Waals surface area contributed by atoms with Gasteiger partial charge in [0.25, 0.3) is 5.91 Å². The minimum Gasteiger partial charge on any atom is -0.304 e. The fourth-order valence-electron chi connectivity index (χ4n) is 1.28. The Morgan fingerprint density at radius 1 is 1.59 bits per heavy atom. The first-order valence-electron chi connectivity index (χ1n) is 5.17. The van der Waals surface area contributed by atoms with E-state index in [2.05, 4.69) is 11.4 Å². The SMILES string of the molecule is CON(C)C(=O)CNCc1cccc(C#N)c1. The van der Waals surface area contributed by atoms with Crippen LogP contribution in [0.25, 0.3) is 0 Å². The monoisotopic (exact) mass is 233 g/mol. The van der Waals surface area contributed by atoms with E-state index in [9.17, 15) is 4.79 Å². The number of rotatable bonds is 5. The van der Waals surface area contributed by atoms with E-state index < -0.39 is 0 Å². The number of carbonyl (C=O) groups is 1. The molecular weight excluding hydrogens is 218 g/mol. The van der Waals surface area contributed by atoms with Gasteiger partial charge in [-0.3, -0.25) is 9.63 Å². The fraction of sp³-hybridized carbons (Fsp3) is 0.333. The van der Waals surface area contributed by atoms with E-state index >= 15 is 0 Å². The van der Waals surface area contributed by atoms with Crippen molar-refractivity contribution in [3.63, 3.8) is 0 Å². The average molecular weight is 233 g/mol. The Bertz CT molecular complexity index is 426. The van der Waals surface area contributed by atoms with Gasteiger partial charge in [0.15, 0.2) is 0 Å². The number of carbonyl (C=O) groups excluding carboxylic acids is 1. The van der Waals surface area contributed by atoms with Gasteiger partial charge in [-0.15, -0.1) is 0 Å². The maximum atomic E-state index is 11.4. The Morgan fingerprint density at radius 2 is 2.35 bits per heavy atom. The molecule has 0 heterocycles. The number of amides is 1. The summed E-state index contributed by atoms with van der Waals surface area (Å²) in [6, 6.07) is 9.32. The van der Waals surface area contributed by atoms with Crippen LogP contribution in [0.3, 0.4) is 0 Å². The van der Waals surface area contributed by atoms with Crippen LogP contribution in [0.15, 0.2) is 24.3 Å². The number of benzene rings is 1. The standard InChI is InChI=1S/C12H15N3O2/c1-15(17-2)12(16)9-14-8-11-5-3-4-10(6-11)7-13/h3-6,14H,8-9H2,1-2H3. The van der Waals surface area contributed by atoms with Crippen molar-refractivity contribution >= 4 is 5.91 Å². The van der Waals surface area contributed by atoms with Gasteiger partial charge in [0.05, 0.1) is 25.3 Å². The van der Waals surface area contributed by atoms with Crippen molar-refractivity contribution < 1.29 is 9.63 Å². The van der Waals surface area contributed by atoms with Crippen LogP contribution in [0.4, 0.5) is 0 Å². The lowest BCUT2D eigenvalue weighted by Gasteiger charge is -2.13. The first-order valence-corrected chi connectivity index (χ1v) is 5.17. The summed E-state index contributed by atoms with van der Waals surface area (Å²) in [6.45, 7) is 0.736. The summed E-state index contributed by atoms with van der Waals surface area (Å²) < 4.78 is 0. The van der Waals surface area contributed by atoms with E-state index in [4.69, 9.17) is 10.1 Å². The van der Waals surface area contributed by atoms with Crippen LogP contribution >= 0.6 is 0 Å². The molecule has 1 aromatic carbocycles. The lowest BCUT2D eigenvalue weighted by atomic mass is 10.1. The molecule has 0 aromatic heterocycles. The van der Waals surface area contributed by atoms with Gasteiger partial charge in [0.1, 0.15) is 0 Å². The maximum absolute atomic E-state index is 11.4. The van der Waals surface area contributed by atoms with Gasteiger partial charge < -0.3 is 5.32 Å². The summed E-state index contributed by atoms with van der Waals surface area (Å²) in [7, 11) is 2.99. The zero-order chi connectivity index (χ0) is 12.7. The summed E-state index contributed by atoms with van der Waals surface area (Å²) in [6.07, 6.45) is 0. The van der Waals surface area contributed by atoms with Crippen molar-refractivity contribution in [1.82, 2.24) is 10.4 Å². The predicted octanol–water partition coefficient (Wildman–Crippen LogP) is 0.668. The van der Waals surface area contributed by atoms with Crippen LogP contribution < -0.4 is 5.32 Å². The van der Waals surface area contributed by atoms with Gasteiger partial charge in [-0.05, 0) is 17.7 Å². The molecule has 0 aliphatic carbocycles. The molecule has 1 aromatic rings. The van der Waals surface area contributed by atoms with Crippen molar-refractivity contribution in [2.24, 2.45) is 0 Å². The topological polar surface area (TPSA) is 65.4 Å². The summed E-state index contributed by atoms with van der Waals surface area (Å²) >= 11 is 0. The third kappa shape index (κ3) is 4.23. The zero-order valence-corrected chi connectivity index (χ0v) is 9.93. The van der Waals surface area contributed by atoms with Crippen LogP contribution in [0, 0.1) is 11.3 Å². The molecule has 0 aliphatic rings. The van der Waals surface area contributed by atoms with Gasteiger partial charge in [0.2, 0.25) is 0 Å². The number of nitriles is 1. The van der Waals surface area contributed by atoms with Gasteiger partial charge in [-0.25, -0.2) is 5.06 Å². The molecule has 0 unspecified atom stereocenters. The Hall–Kier alpha value is -1.90. The lowest BCUT2D eigenvalue weighted by Crippen LogP contribution is -2.34. The Labute approximate surface area is 101 Å². The van der Waals surface area contributed by atoms with E-state index in [0.717, 1.165) is 5.56 Å². The van der Waals surface area contributed by atoms with Crippen LogP contribution in [0.5, 0.6) is 0 Å².